The SMILES string of the molecule is Cc1ccc(C)c(CC(Cl)c2ccc(I)c(Cl)c2)c1. The zero-order chi connectivity index (χ0) is 14.0. The van der Waals surface area contributed by atoms with Crippen LogP contribution in [0.15, 0.2) is 36.4 Å². The normalized spacial score (nSPS) is 12.5. The molecule has 0 bridgehead atoms. The molecule has 1 unspecified atom stereocenters. The third-order valence-corrected chi connectivity index (χ3v) is 5.19. The Bertz CT molecular complexity index is 593. The molecule has 0 aliphatic carbocycles. The minimum absolute atomic E-state index is 0.0463. The van der Waals surface area contributed by atoms with Crippen molar-refractivity contribution in [1.29, 1.82) is 0 Å². The Balaban J connectivity index is 2.22. The van der Waals surface area contributed by atoms with E-state index in [1.54, 1.807) is 0 Å². The third-order valence-electron chi connectivity index (χ3n) is 3.21. The van der Waals surface area contributed by atoms with Crippen molar-refractivity contribution < 1.29 is 0 Å². The van der Waals surface area contributed by atoms with Gasteiger partial charge in [0.15, 0.2) is 0 Å². The summed E-state index contributed by atoms with van der Waals surface area (Å²) in [5.74, 6) is 0. The standard InChI is InChI=1S/C16H15Cl2I/c1-10-3-4-11(2)13(7-10)9-14(17)12-5-6-16(19)15(18)8-12/h3-8,14H,9H2,1-2H3. The quantitative estimate of drug-likeness (QED) is 0.429. The van der Waals surface area contributed by atoms with Crippen molar-refractivity contribution in [2.45, 2.75) is 25.6 Å². The van der Waals surface area contributed by atoms with Gasteiger partial charge in [0, 0.05) is 3.57 Å². The zero-order valence-corrected chi connectivity index (χ0v) is 14.6. The number of alkyl halides is 1. The molecule has 19 heavy (non-hydrogen) atoms. The van der Waals surface area contributed by atoms with Crippen molar-refractivity contribution in [3.05, 3.63) is 67.2 Å². The lowest BCUT2D eigenvalue weighted by atomic mass is 9.98. The number of aryl methyl sites for hydroxylation is 2. The molecule has 0 aliphatic rings. The van der Waals surface area contributed by atoms with Crippen LogP contribution in [0, 0.1) is 17.4 Å². The molecule has 3 heteroatoms. The molecular weight excluding hydrogens is 390 g/mol. The molecule has 0 saturated carbocycles. The van der Waals surface area contributed by atoms with Gasteiger partial charge in [-0.3, -0.25) is 0 Å². The predicted molar refractivity (Wildman–Crippen MR) is 92.4 cm³/mol. The lowest BCUT2D eigenvalue weighted by molar-refractivity contribution is 0.908. The summed E-state index contributed by atoms with van der Waals surface area (Å²) in [4.78, 5) is 0. The van der Waals surface area contributed by atoms with E-state index in [4.69, 9.17) is 23.2 Å². The minimum Gasteiger partial charge on any atom is -0.117 e. The van der Waals surface area contributed by atoms with E-state index in [-0.39, 0.29) is 5.38 Å². The lowest BCUT2D eigenvalue weighted by Crippen LogP contribution is -1.99. The second kappa shape index (κ2) is 6.47. The monoisotopic (exact) mass is 404 g/mol. The Labute approximate surface area is 138 Å². The Morgan fingerprint density at radius 3 is 2.53 bits per heavy atom. The van der Waals surface area contributed by atoms with Crippen molar-refractivity contribution in [3.63, 3.8) is 0 Å². The largest absolute Gasteiger partial charge is 0.117 e. The molecule has 0 aromatic heterocycles. The first-order valence-corrected chi connectivity index (χ1v) is 8.02. The van der Waals surface area contributed by atoms with Crippen LogP contribution in [-0.4, -0.2) is 0 Å². The molecular formula is C16H15Cl2I. The summed E-state index contributed by atoms with van der Waals surface area (Å²) >= 11 is 14.9. The second-order valence-electron chi connectivity index (χ2n) is 4.78. The molecule has 0 fully saturated rings. The second-order valence-corrected chi connectivity index (χ2v) is 6.87. The van der Waals surface area contributed by atoms with Crippen LogP contribution in [-0.2, 0) is 6.42 Å². The molecule has 2 aromatic carbocycles. The summed E-state index contributed by atoms with van der Waals surface area (Å²) in [7, 11) is 0. The molecule has 2 aromatic rings. The third kappa shape index (κ3) is 3.87. The highest BCUT2D eigenvalue weighted by atomic mass is 127. The fourth-order valence-electron chi connectivity index (χ4n) is 2.04. The molecule has 0 saturated heterocycles. The van der Waals surface area contributed by atoms with Crippen LogP contribution in [0.3, 0.4) is 0 Å². The minimum atomic E-state index is -0.0463. The first-order chi connectivity index (χ1) is 8.97. The van der Waals surface area contributed by atoms with Crippen LogP contribution >= 0.6 is 45.8 Å². The summed E-state index contributed by atoms with van der Waals surface area (Å²) in [6.45, 7) is 4.23. The van der Waals surface area contributed by atoms with Gasteiger partial charge in [0.2, 0.25) is 0 Å². The number of hydrogen-bond donors (Lipinski definition) is 0. The summed E-state index contributed by atoms with van der Waals surface area (Å²) in [5, 5.41) is 0.722. The van der Waals surface area contributed by atoms with Crippen LogP contribution in [0.25, 0.3) is 0 Å². The average molecular weight is 405 g/mol. The maximum absolute atomic E-state index is 6.53. The highest BCUT2D eigenvalue weighted by Crippen LogP contribution is 2.30. The van der Waals surface area contributed by atoms with Gasteiger partial charge < -0.3 is 0 Å². The fraction of sp³-hybridized carbons (Fsp3) is 0.250. The van der Waals surface area contributed by atoms with E-state index in [9.17, 15) is 0 Å². The van der Waals surface area contributed by atoms with E-state index >= 15 is 0 Å². The Morgan fingerprint density at radius 2 is 1.84 bits per heavy atom. The van der Waals surface area contributed by atoms with E-state index in [0.29, 0.717) is 0 Å². The molecule has 1 atom stereocenters. The fourth-order valence-corrected chi connectivity index (χ4v) is 2.86. The van der Waals surface area contributed by atoms with Crippen molar-refractivity contribution in [2.24, 2.45) is 0 Å². The summed E-state index contributed by atoms with van der Waals surface area (Å²) in [6, 6.07) is 12.5. The predicted octanol–water partition coefficient (Wildman–Crippen LogP) is 6.08. The number of hydrogen-bond acceptors (Lipinski definition) is 0. The summed E-state index contributed by atoms with van der Waals surface area (Å²) < 4.78 is 1.05. The van der Waals surface area contributed by atoms with Crippen molar-refractivity contribution in [1.82, 2.24) is 0 Å². The smallest absolute Gasteiger partial charge is 0.0626 e. The van der Waals surface area contributed by atoms with E-state index in [1.807, 2.05) is 12.1 Å². The van der Waals surface area contributed by atoms with Crippen LogP contribution < -0.4 is 0 Å². The summed E-state index contributed by atoms with van der Waals surface area (Å²) in [6.07, 6.45) is 0.825. The highest BCUT2D eigenvalue weighted by molar-refractivity contribution is 14.1. The topological polar surface area (TPSA) is 0 Å². The molecule has 0 nitrogen and oxygen atoms in total. The van der Waals surface area contributed by atoms with E-state index in [2.05, 4.69) is 60.7 Å². The van der Waals surface area contributed by atoms with Gasteiger partial charge in [0.1, 0.15) is 0 Å². The molecule has 0 heterocycles. The van der Waals surface area contributed by atoms with Gasteiger partial charge >= 0.3 is 0 Å². The first-order valence-electron chi connectivity index (χ1n) is 6.12. The average Bonchev–Trinajstić information content (AvgIpc) is 2.37. The number of benzene rings is 2. The molecule has 0 spiro atoms. The Kier molecular flexibility index (Phi) is 5.15. The van der Waals surface area contributed by atoms with Crippen LogP contribution in [0.1, 0.15) is 27.6 Å². The molecule has 0 amide bonds. The molecule has 0 N–H and O–H groups in total. The Morgan fingerprint density at radius 1 is 1.11 bits per heavy atom. The maximum atomic E-state index is 6.53. The molecule has 0 aliphatic heterocycles. The van der Waals surface area contributed by atoms with Crippen molar-refractivity contribution in [3.8, 4) is 0 Å². The van der Waals surface area contributed by atoms with E-state index < -0.39 is 0 Å². The van der Waals surface area contributed by atoms with Gasteiger partial charge in [0.05, 0.1) is 10.4 Å². The van der Waals surface area contributed by atoms with Gasteiger partial charge in [0.25, 0.3) is 0 Å². The lowest BCUT2D eigenvalue weighted by Gasteiger charge is -2.13. The number of halogens is 3. The Hall–Kier alpha value is -0.250. The van der Waals surface area contributed by atoms with E-state index in [1.165, 1.54) is 16.7 Å². The van der Waals surface area contributed by atoms with Crippen LogP contribution in [0.2, 0.25) is 5.02 Å². The summed E-state index contributed by atoms with van der Waals surface area (Å²) in [5.41, 5.74) is 4.93. The molecule has 2 rings (SSSR count). The van der Waals surface area contributed by atoms with Gasteiger partial charge in [-0.2, -0.15) is 0 Å². The molecule has 100 valence electrons. The van der Waals surface area contributed by atoms with Crippen LogP contribution in [0.5, 0.6) is 0 Å². The first kappa shape index (κ1) is 15.1. The zero-order valence-electron chi connectivity index (χ0n) is 10.9. The van der Waals surface area contributed by atoms with Crippen molar-refractivity contribution >= 4 is 45.8 Å². The van der Waals surface area contributed by atoms with Gasteiger partial charge in [-0.15, -0.1) is 11.6 Å². The van der Waals surface area contributed by atoms with Gasteiger partial charge in [-0.25, -0.2) is 0 Å². The van der Waals surface area contributed by atoms with E-state index in [0.717, 1.165) is 20.6 Å². The number of rotatable bonds is 3. The maximum Gasteiger partial charge on any atom is 0.0626 e. The van der Waals surface area contributed by atoms with Crippen LogP contribution in [0.4, 0.5) is 0 Å². The van der Waals surface area contributed by atoms with Crippen molar-refractivity contribution in [2.75, 3.05) is 0 Å². The van der Waals surface area contributed by atoms with Gasteiger partial charge in [-0.1, -0.05) is 41.4 Å². The highest BCUT2D eigenvalue weighted by Gasteiger charge is 2.12. The molecule has 0 radical (unpaired) electrons. The van der Waals surface area contributed by atoms with Gasteiger partial charge in [-0.05, 0) is 71.7 Å².